The molecule has 0 saturated carbocycles. The molecule has 5 nitrogen and oxygen atoms in total. The number of hydrogen-bond acceptors (Lipinski definition) is 3. The minimum atomic E-state index is -0.944. The number of hydrogen-bond donors (Lipinski definition) is 0. The van der Waals surface area contributed by atoms with Crippen molar-refractivity contribution in [1.82, 2.24) is 0 Å². The van der Waals surface area contributed by atoms with E-state index in [1.165, 1.54) is 6.07 Å². The summed E-state index contributed by atoms with van der Waals surface area (Å²) < 4.78 is 13.4. The van der Waals surface area contributed by atoms with E-state index in [1.807, 2.05) is 24.3 Å². The van der Waals surface area contributed by atoms with Gasteiger partial charge in [0.1, 0.15) is 0 Å². The molecule has 0 saturated heterocycles. The second-order valence-electron chi connectivity index (χ2n) is 5.11. The van der Waals surface area contributed by atoms with E-state index in [2.05, 4.69) is 0 Å². The van der Waals surface area contributed by atoms with Crippen LogP contribution >= 0.6 is 0 Å². The minimum Gasteiger partial charge on any atom is -0.308 e. The molecule has 0 unspecified atom stereocenters. The number of carbonyl (C=O) groups excluding carboxylic acids is 1. The molecule has 22 heavy (non-hydrogen) atoms. The standard InChI is InChI=1S/C16H13FN2O3/c17-13-8-7-12(10-15(13)19(21)22)16(20)18-9-3-5-11-4-1-2-6-14(11)18/h1-2,4,6-8,10H,3,5,9H2. The van der Waals surface area contributed by atoms with Crippen molar-refractivity contribution >= 4 is 17.3 Å². The molecule has 0 radical (unpaired) electrons. The number of amides is 1. The number of nitrogens with zero attached hydrogens (tertiary/aromatic N) is 2. The lowest BCUT2D eigenvalue weighted by molar-refractivity contribution is -0.387. The van der Waals surface area contributed by atoms with Gasteiger partial charge in [-0.1, -0.05) is 18.2 Å². The Kier molecular flexibility index (Phi) is 3.58. The molecule has 0 bridgehead atoms. The maximum absolute atomic E-state index is 13.4. The van der Waals surface area contributed by atoms with Gasteiger partial charge in [0, 0.05) is 23.9 Å². The fourth-order valence-electron chi connectivity index (χ4n) is 2.69. The van der Waals surface area contributed by atoms with Crippen molar-refractivity contribution in [3.8, 4) is 0 Å². The monoisotopic (exact) mass is 300 g/mol. The maximum atomic E-state index is 13.4. The van der Waals surface area contributed by atoms with Gasteiger partial charge in [0.2, 0.25) is 5.82 Å². The summed E-state index contributed by atoms with van der Waals surface area (Å²) in [4.78, 5) is 24.2. The Hall–Kier alpha value is -2.76. The van der Waals surface area contributed by atoms with Crippen molar-refractivity contribution in [2.75, 3.05) is 11.4 Å². The largest absolute Gasteiger partial charge is 0.308 e. The topological polar surface area (TPSA) is 63.4 Å². The van der Waals surface area contributed by atoms with Crippen LogP contribution in [0.25, 0.3) is 0 Å². The number of carbonyl (C=O) groups is 1. The van der Waals surface area contributed by atoms with Crippen LogP contribution in [-0.4, -0.2) is 17.4 Å². The van der Waals surface area contributed by atoms with Gasteiger partial charge in [0.15, 0.2) is 0 Å². The second kappa shape index (κ2) is 5.55. The van der Waals surface area contributed by atoms with E-state index in [9.17, 15) is 19.3 Å². The lowest BCUT2D eigenvalue weighted by Crippen LogP contribution is -2.35. The van der Waals surface area contributed by atoms with E-state index in [0.717, 1.165) is 36.2 Å². The van der Waals surface area contributed by atoms with Crippen molar-refractivity contribution in [3.05, 3.63) is 69.5 Å². The van der Waals surface area contributed by atoms with Gasteiger partial charge in [-0.3, -0.25) is 14.9 Å². The molecule has 2 aromatic rings. The summed E-state index contributed by atoms with van der Waals surface area (Å²) in [5.41, 5.74) is 1.31. The number of anilines is 1. The first kappa shape index (κ1) is 14.2. The molecule has 0 fully saturated rings. The number of para-hydroxylation sites is 1. The summed E-state index contributed by atoms with van der Waals surface area (Å²) in [6.07, 6.45) is 1.72. The number of nitro benzene ring substituents is 1. The van der Waals surface area contributed by atoms with E-state index in [-0.39, 0.29) is 11.5 Å². The van der Waals surface area contributed by atoms with Gasteiger partial charge in [-0.15, -0.1) is 0 Å². The average molecular weight is 300 g/mol. The van der Waals surface area contributed by atoms with Gasteiger partial charge < -0.3 is 4.90 Å². The van der Waals surface area contributed by atoms with Crippen LogP contribution in [0.3, 0.4) is 0 Å². The number of fused-ring (bicyclic) bond motifs is 1. The molecule has 112 valence electrons. The first-order chi connectivity index (χ1) is 10.6. The average Bonchev–Trinajstić information content (AvgIpc) is 2.54. The van der Waals surface area contributed by atoms with E-state index >= 15 is 0 Å². The first-order valence-corrected chi connectivity index (χ1v) is 6.91. The third kappa shape index (κ3) is 2.43. The zero-order chi connectivity index (χ0) is 15.7. The molecular weight excluding hydrogens is 287 g/mol. The van der Waals surface area contributed by atoms with Crippen LogP contribution in [0.4, 0.5) is 15.8 Å². The molecule has 0 atom stereocenters. The highest BCUT2D eigenvalue weighted by Crippen LogP contribution is 2.29. The Balaban J connectivity index is 1.99. The molecule has 2 aromatic carbocycles. The number of rotatable bonds is 2. The maximum Gasteiger partial charge on any atom is 0.305 e. The van der Waals surface area contributed by atoms with Crippen LogP contribution in [0.1, 0.15) is 22.3 Å². The quantitative estimate of drug-likeness (QED) is 0.631. The lowest BCUT2D eigenvalue weighted by atomic mass is 10.0. The molecular formula is C16H13FN2O3. The highest BCUT2D eigenvalue weighted by atomic mass is 19.1. The van der Waals surface area contributed by atoms with Crippen LogP contribution in [0.2, 0.25) is 0 Å². The molecule has 3 rings (SSSR count). The predicted molar refractivity (Wildman–Crippen MR) is 79.5 cm³/mol. The van der Waals surface area contributed by atoms with Gasteiger partial charge >= 0.3 is 5.69 Å². The summed E-state index contributed by atoms with van der Waals surface area (Å²) in [6.45, 7) is 0.543. The second-order valence-corrected chi connectivity index (χ2v) is 5.11. The molecule has 1 aliphatic rings. The molecule has 0 aliphatic carbocycles. The Morgan fingerprint density at radius 2 is 2.00 bits per heavy atom. The van der Waals surface area contributed by atoms with Crippen LogP contribution in [0.5, 0.6) is 0 Å². The summed E-state index contributed by atoms with van der Waals surface area (Å²) in [5, 5.41) is 10.8. The number of nitro groups is 1. The Morgan fingerprint density at radius 1 is 1.23 bits per heavy atom. The first-order valence-electron chi connectivity index (χ1n) is 6.91. The summed E-state index contributed by atoms with van der Waals surface area (Å²) in [6, 6.07) is 10.8. The molecule has 6 heteroatoms. The van der Waals surface area contributed by atoms with Crippen molar-refractivity contribution < 1.29 is 14.1 Å². The zero-order valence-corrected chi connectivity index (χ0v) is 11.7. The summed E-state index contributed by atoms with van der Waals surface area (Å²) in [5.74, 6) is -1.30. The van der Waals surface area contributed by atoms with Crippen LogP contribution in [0, 0.1) is 15.9 Å². The van der Waals surface area contributed by atoms with Gasteiger partial charge in [-0.05, 0) is 36.6 Å². The molecule has 0 spiro atoms. The van der Waals surface area contributed by atoms with Crippen molar-refractivity contribution in [2.45, 2.75) is 12.8 Å². The fourth-order valence-corrected chi connectivity index (χ4v) is 2.69. The van der Waals surface area contributed by atoms with E-state index < -0.39 is 16.4 Å². The number of benzene rings is 2. The van der Waals surface area contributed by atoms with Crippen LogP contribution in [0.15, 0.2) is 42.5 Å². The van der Waals surface area contributed by atoms with Crippen molar-refractivity contribution in [1.29, 1.82) is 0 Å². The fraction of sp³-hybridized carbons (Fsp3) is 0.188. The van der Waals surface area contributed by atoms with Gasteiger partial charge in [0.25, 0.3) is 5.91 Å². The molecule has 1 amide bonds. The molecule has 0 aromatic heterocycles. The van der Waals surface area contributed by atoms with Gasteiger partial charge in [-0.25, -0.2) is 0 Å². The molecule has 1 aliphatic heterocycles. The third-order valence-electron chi connectivity index (χ3n) is 3.75. The van der Waals surface area contributed by atoms with E-state index in [1.54, 1.807) is 4.90 Å². The van der Waals surface area contributed by atoms with Crippen LogP contribution < -0.4 is 4.90 Å². The van der Waals surface area contributed by atoms with E-state index in [4.69, 9.17) is 0 Å². The normalized spacial score (nSPS) is 13.6. The smallest absolute Gasteiger partial charge is 0.305 e. The highest BCUT2D eigenvalue weighted by Gasteiger charge is 2.25. The number of halogens is 1. The molecule has 0 N–H and O–H groups in total. The zero-order valence-electron chi connectivity index (χ0n) is 11.7. The van der Waals surface area contributed by atoms with Crippen molar-refractivity contribution in [3.63, 3.8) is 0 Å². The van der Waals surface area contributed by atoms with E-state index in [0.29, 0.717) is 6.54 Å². The summed E-state index contributed by atoms with van der Waals surface area (Å²) in [7, 11) is 0. The number of aryl methyl sites for hydroxylation is 1. The Labute approximate surface area is 126 Å². The molecule has 1 heterocycles. The van der Waals surface area contributed by atoms with Gasteiger partial charge in [-0.2, -0.15) is 4.39 Å². The Morgan fingerprint density at radius 3 is 2.77 bits per heavy atom. The minimum absolute atomic E-state index is 0.116. The SMILES string of the molecule is O=C(c1ccc(F)c([N+](=O)[O-])c1)N1CCCc2ccccc21. The van der Waals surface area contributed by atoms with Crippen molar-refractivity contribution in [2.24, 2.45) is 0 Å². The highest BCUT2D eigenvalue weighted by molar-refractivity contribution is 6.07. The van der Waals surface area contributed by atoms with Gasteiger partial charge in [0.05, 0.1) is 4.92 Å². The van der Waals surface area contributed by atoms with Crippen LogP contribution in [-0.2, 0) is 6.42 Å². The Bertz CT molecular complexity index is 761. The lowest BCUT2D eigenvalue weighted by Gasteiger charge is -2.29. The predicted octanol–water partition coefficient (Wildman–Crippen LogP) is 3.33. The summed E-state index contributed by atoms with van der Waals surface area (Å²) >= 11 is 0. The third-order valence-corrected chi connectivity index (χ3v) is 3.75.